The third kappa shape index (κ3) is 3.02. The molecule has 2 rings (SSSR count). The predicted octanol–water partition coefficient (Wildman–Crippen LogP) is 2.66. The molecule has 0 amide bonds. The molecule has 1 aliphatic carbocycles. The van der Waals surface area contributed by atoms with Crippen LogP contribution >= 0.6 is 0 Å². The second-order valence-electron chi connectivity index (χ2n) is 6.21. The molecule has 1 aromatic carbocycles. The van der Waals surface area contributed by atoms with Crippen LogP contribution < -0.4 is 0 Å². The average Bonchev–Trinajstić information content (AvgIpc) is 3.19. The first-order chi connectivity index (χ1) is 9.26. The van der Waals surface area contributed by atoms with Crippen molar-refractivity contribution in [1.29, 1.82) is 5.26 Å². The Morgan fingerprint density at radius 2 is 1.80 bits per heavy atom. The zero-order valence-corrected chi connectivity index (χ0v) is 12.9. The van der Waals surface area contributed by atoms with Crippen LogP contribution in [0.4, 0.5) is 0 Å². The van der Waals surface area contributed by atoms with Crippen molar-refractivity contribution in [2.75, 3.05) is 6.54 Å². The molecule has 5 heteroatoms. The highest BCUT2D eigenvalue weighted by molar-refractivity contribution is 7.89. The fourth-order valence-electron chi connectivity index (χ4n) is 2.10. The van der Waals surface area contributed by atoms with Crippen LogP contribution in [-0.4, -0.2) is 25.3 Å². The molecule has 1 fully saturated rings. The highest BCUT2D eigenvalue weighted by atomic mass is 32.2. The fraction of sp³-hybridized carbons (Fsp3) is 0.533. The van der Waals surface area contributed by atoms with E-state index < -0.39 is 10.0 Å². The van der Waals surface area contributed by atoms with Gasteiger partial charge >= 0.3 is 0 Å². The maximum Gasteiger partial charge on any atom is 0.244 e. The van der Waals surface area contributed by atoms with E-state index in [9.17, 15) is 8.42 Å². The lowest BCUT2D eigenvalue weighted by atomic mass is 9.87. The van der Waals surface area contributed by atoms with Gasteiger partial charge in [-0.25, -0.2) is 8.42 Å². The molecule has 0 aromatic heterocycles. The summed E-state index contributed by atoms with van der Waals surface area (Å²) in [5.41, 5.74) is 1.08. The van der Waals surface area contributed by atoms with E-state index in [1.54, 1.807) is 12.1 Å². The largest absolute Gasteiger partial charge is 0.244 e. The van der Waals surface area contributed by atoms with E-state index in [-0.39, 0.29) is 22.9 Å². The highest BCUT2D eigenvalue weighted by Crippen LogP contribution is 2.32. The van der Waals surface area contributed by atoms with Crippen molar-refractivity contribution in [3.8, 4) is 6.07 Å². The summed E-state index contributed by atoms with van der Waals surface area (Å²) in [5, 5.41) is 8.82. The molecular formula is C15H20N2O2S. The van der Waals surface area contributed by atoms with E-state index in [4.69, 9.17) is 5.26 Å². The molecule has 0 N–H and O–H groups in total. The quantitative estimate of drug-likeness (QED) is 0.802. The van der Waals surface area contributed by atoms with Crippen molar-refractivity contribution in [3.05, 3.63) is 29.8 Å². The number of hydrogen-bond donors (Lipinski definition) is 0. The summed E-state index contributed by atoms with van der Waals surface area (Å²) in [6.07, 6.45) is 1.70. The molecule has 0 aliphatic heterocycles. The van der Waals surface area contributed by atoms with Crippen LogP contribution in [0.1, 0.15) is 39.2 Å². The van der Waals surface area contributed by atoms with Gasteiger partial charge in [-0.1, -0.05) is 32.9 Å². The second kappa shape index (κ2) is 5.19. The summed E-state index contributed by atoms with van der Waals surface area (Å²) in [6, 6.07) is 8.94. The smallest absolute Gasteiger partial charge is 0.207 e. The van der Waals surface area contributed by atoms with Crippen LogP contribution in [0, 0.1) is 11.3 Å². The third-order valence-corrected chi connectivity index (χ3v) is 5.42. The van der Waals surface area contributed by atoms with Crippen molar-refractivity contribution < 1.29 is 8.42 Å². The van der Waals surface area contributed by atoms with Crippen molar-refractivity contribution >= 4 is 10.0 Å². The maximum atomic E-state index is 12.5. The van der Waals surface area contributed by atoms with Gasteiger partial charge in [0.15, 0.2) is 0 Å². The minimum absolute atomic E-state index is 0.00180. The van der Waals surface area contributed by atoms with Crippen molar-refractivity contribution in [2.45, 2.75) is 50.0 Å². The summed E-state index contributed by atoms with van der Waals surface area (Å²) in [6.45, 7) is 6.18. The van der Waals surface area contributed by atoms with Crippen LogP contribution in [0.5, 0.6) is 0 Å². The second-order valence-corrected chi connectivity index (χ2v) is 8.10. The third-order valence-electron chi connectivity index (χ3n) is 3.51. The van der Waals surface area contributed by atoms with E-state index in [0.717, 1.165) is 18.4 Å². The Balaban J connectivity index is 2.32. The minimum atomic E-state index is -3.55. The average molecular weight is 292 g/mol. The number of nitrogens with zero attached hydrogens (tertiary/aromatic N) is 2. The van der Waals surface area contributed by atoms with Crippen LogP contribution in [0.15, 0.2) is 29.2 Å². The standard InChI is InChI=1S/C15H20N2O2S/c1-15(2,3)12-4-8-14(9-5-12)20(18,19)17(11-10-16)13-6-7-13/h4-5,8-9,13H,6-7,11H2,1-3H3. The molecule has 0 bridgehead atoms. The molecule has 1 aromatic rings. The van der Waals surface area contributed by atoms with Gasteiger partial charge in [0.2, 0.25) is 10.0 Å². The zero-order valence-electron chi connectivity index (χ0n) is 12.1. The van der Waals surface area contributed by atoms with E-state index in [2.05, 4.69) is 20.8 Å². The van der Waals surface area contributed by atoms with Crippen molar-refractivity contribution in [1.82, 2.24) is 4.31 Å². The lowest BCUT2D eigenvalue weighted by Gasteiger charge is -2.21. The molecule has 0 unspecified atom stereocenters. The molecule has 1 aliphatic rings. The Kier molecular flexibility index (Phi) is 3.90. The lowest BCUT2D eigenvalue weighted by molar-refractivity contribution is 0.438. The van der Waals surface area contributed by atoms with E-state index in [0.29, 0.717) is 0 Å². The maximum absolute atomic E-state index is 12.5. The lowest BCUT2D eigenvalue weighted by Crippen LogP contribution is -2.33. The zero-order chi connectivity index (χ0) is 15.0. The molecule has 0 atom stereocenters. The summed E-state index contributed by atoms with van der Waals surface area (Å²) in [7, 11) is -3.55. The Hall–Kier alpha value is -1.38. The molecule has 108 valence electrons. The number of sulfonamides is 1. The number of nitriles is 1. The molecule has 4 nitrogen and oxygen atoms in total. The number of benzene rings is 1. The molecular weight excluding hydrogens is 272 g/mol. The molecule has 0 heterocycles. The Morgan fingerprint density at radius 1 is 1.25 bits per heavy atom. The van der Waals surface area contributed by atoms with Gasteiger partial charge in [-0.15, -0.1) is 0 Å². The first-order valence-electron chi connectivity index (χ1n) is 6.76. The van der Waals surface area contributed by atoms with E-state index in [1.807, 2.05) is 18.2 Å². The first kappa shape index (κ1) is 15.0. The molecule has 0 saturated heterocycles. The molecule has 1 saturated carbocycles. The summed E-state index contributed by atoms with van der Waals surface area (Å²) in [5.74, 6) is 0. The summed E-state index contributed by atoms with van der Waals surface area (Å²) >= 11 is 0. The number of hydrogen-bond acceptors (Lipinski definition) is 3. The van der Waals surface area contributed by atoms with Crippen LogP contribution in [0.2, 0.25) is 0 Å². The molecule has 0 spiro atoms. The van der Waals surface area contributed by atoms with Gasteiger partial charge in [0.05, 0.1) is 11.0 Å². The van der Waals surface area contributed by atoms with Gasteiger partial charge in [0, 0.05) is 6.04 Å². The molecule has 0 radical (unpaired) electrons. The van der Waals surface area contributed by atoms with Gasteiger partial charge in [-0.05, 0) is 36.0 Å². The molecule has 20 heavy (non-hydrogen) atoms. The van der Waals surface area contributed by atoms with Crippen molar-refractivity contribution in [3.63, 3.8) is 0 Å². The van der Waals surface area contributed by atoms with Gasteiger partial charge in [-0.2, -0.15) is 9.57 Å². The minimum Gasteiger partial charge on any atom is -0.207 e. The van der Waals surface area contributed by atoms with E-state index >= 15 is 0 Å². The van der Waals surface area contributed by atoms with Crippen molar-refractivity contribution in [2.24, 2.45) is 0 Å². The number of rotatable bonds is 4. The predicted molar refractivity (Wildman–Crippen MR) is 77.7 cm³/mol. The Bertz CT molecular complexity index is 617. The highest BCUT2D eigenvalue weighted by Gasteiger charge is 2.37. The van der Waals surface area contributed by atoms with Gasteiger partial charge < -0.3 is 0 Å². The van der Waals surface area contributed by atoms with Crippen LogP contribution in [0.3, 0.4) is 0 Å². The van der Waals surface area contributed by atoms with Gasteiger partial charge in [-0.3, -0.25) is 0 Å². The fourth-order valence-corrected chi connectivity index (χ4v) is 3.69. The van der Waals surface area contributed by atoms with Crippen LogP contribution in [-0.2, 0) is 15.4 Å². The monoisotopic (exact) mass is 292 g/mol. The van der Waals surface area contributed by atoms with Gasteiger partial charge in [0.1, 0.15) is 6.54 Å². The SMILES string of the molecule is CC(C)(C)c1ccc(S(=O)(=O)N(CC#N)C2CC2)cc1. The van der Waals surface area contributed by atoms with Crippen LogP contribution in [0.25, 0.3) is 0 Å². The van der Waals surface area contributed by atoms with E-state index in [1.165, 1.54) is 4.31 Å². The summed E-state index contributed by atoms with van der Waals surface area (Å²) in [4.78, 5) is 0.271. The first-order valence-corrected chi connectivity index (χ1v) is 8.20. The summed E-state index contributed by atoms with van der Waals surface area (Å²) < 4.78 is 26.4. The Morgan fingerprint density at radius 3 is 2.20 bits per heavy atom. The topological polar surface area (TPSA) is 61.2 Å². The normalized spacial score (nSPS) is 16.1. The Labute approximate surface area is 121 Å². The van der Waals surface area contributed by atoms with Gasteiger partial charge in [0.25, 0.3) is 0 Å².